The first-order valence-corrected chi connectivity index (χ1v) is 6.89. The van der Waals surface area contributed by atoms with Crippen LogP contribution in [-0.2, 0) is 4.79 Å². The fraction of sp³-hybridized carbons (Fsp3) is 0.125. The van der Waals surface area contributed by atoms with Crippen LogP contribution in [0.2, 0.25) is 0 Å². The predicted octanol–water partition coefficient (Wildman–Crippen LogP) is 3.04. The maximum absolute atomic E-state index is 11.8. The van der Waals surface area contributed by atoms with Gasteiger partial charge in [-0.2, -0.15) is 0 Å². The van der Waals surface area contributed by atoms with E-state index in [1.807, 2.05) is 65.6 Å². The molecule has 1 N–H and O–H groups in total. The van der Waals surface area contributed by atoms with E-state index in [9.17, 15) is 4.79 Å². The van der Waals surface area contributed by atoms with Crippen molar-refractivity contribution in [1.29, 1.82) is 0 Å². The van der Waals surface area contributed by atoms with Gasteiger partial charge in [-0.1, -0.05) is 48.5 Å². The molecular weight excluding hydrogens is 268 g/mol. The first-order valence-electron chi connectivity index (χ1n) is 6.49. The lowest BCUT2D eigenvalue weighted by Crippen LogP contribution is -2.51. The number of carbonyl (C=O) groups is 1. The third-order valence-corrected chi connectivity index (χ3v) is 3.67. The number of amides is 1. The summed E-state index contributed by atoms with van der Waals surface area (Å²) in [4.78, 5) is 13.8. The van der Waals surface area contributed by atoms with Gasteiger partial charge in [-0.05, 0) is 29.9 Å². The second-order valence-corrected chi connectivity index (χ2v) is 5.08. The second kappa shape index (κ2) is 5.43. The normalized spacial score (nSPS) is 18.8. The second-order valence-electron chi connectivity index (χ2n) is 4.69. The SMILES string of the molecule is O=C1CC(c2ccccc2)N(c2ccccc2)C(=S)N1. The molecule has 1 unspecified atom stereocenters. The van der Waals surface area contributed by atoms with E-state index in [1.165, 1.54) is 0 Å². The first-order chi connectivity index (χ1) is 9.75. The molecule has 0 saturated carbocycles. The van der Waals surface area contributed by atoms with Crippen LogP contribution in [-0.4, -0.2) is 11.0 Å². The van der Waals surface area contributed by atoms with Gasteiger partial charge < -0.3 is 10.2 Å². The van der Waals surface area contributed by atoms with E-state index >= 15 is 0 Å². The molecule has 1 aliphatic heterocycles. The molecule has 2 aromatic rings. The third kappa shape index (κ3) is 2.42. The quantitative estimate of drug-likeness (QED) is 0.859. The lowest BCUT2D eigenvalue weighted by Gasteiger charge is -2.37. The maximum atomic E-state index is 11.8. The van der Waals surface area contributed by atoms with Gasteiger partial charge in [0.25, 0.3) is 0 Å². The number of para-hydroxylation sites is 1. The van der Waals surface area contributed by atoms with Crippen molar-refractivity contribution in [2.45, 2.75) is 12.5 Å². The fourth-order valence-corrected chi connectivity index (χ4v) is 2.81. The number of thiocarbonyl (C=S) groups is 1. The van der Waals surface area contributed by atoms with E-state index in [2.05, 4.69) is 5.32 Å². The monoisotopic (exact) mass is 282 g/mol. The first kappa shape index (κ1) is 12.8. The largest absolute Gasteiger partial charge is 0.311 e. The molecule has 1 fully saturated rings. The van der Waals surface area contributed by atoms with Crippen LogP contribution in [0, 0.1) is 0 Å². The summed E-state index contributed by atoms with van der Waals surface area (Å²) in [6, 6.07) is 19.8. The summed E-state index contributed by atoms with van der Waals surface area (Å²) in [5.74, 6) is -0.0314. The molecule has 0 spiro atoms. The molecule has 3 rings (SSSR count). The Morgan fingerprint density at radius 1 is 1.00 bits per heavy atom. The zero-order valence-electron chi connectivity index (χ0n) is 10.8. The van der Waals surface area contributed by atoms with Gasteiger partial charge in [-0.25, -0.2) is 0 Å². The van der Waals surface area contributed by atoms with Crippen LogP contribution in [0.3, 0.4) is 0 Å². The summed E-state index contributed by atoms with van der Waals surface area (Å²) in [5, 5.41) is 3.21. The Balaban J connectivity index is 2.03. The van der Waals surface area contributed by atoms with Crippen LogP contribution < -0.4 is 10.2 Å². The van der Waals surface area contributed by atoms with Crippen LogP contribution in [0.1, 0.15) is 18.0 Å². The number of hydrogen-bond acceptors (Lipinski definition) is 2. The van der Waals surface area contributed by atoms with Gasteiger partial charge in [0, 0.05) is 5.69 Å². The van der Waals surface area contributed by atoms with Gasteiger partial charge in [-0.3, -0.25) is 4.79 Å². The van der Waals surface area contributed by atoms with Crippen molar-refractivity contribution in [1.82, 2.24) is 5.32 Å². The van der Waals surface area contributed by atoms with Crippen LogP contribution >= 0.6 is 12.2 Å². The van der Waals surface area contributed by atoms with Crippen LogP contribution in [0.5, 0.6) is 0 Å². The molecule has 100 valence electrons. The summed E-state index contributed by atoms with van der Waals surface area (Å²) in [7, 11) is 0. The minimum atomic E-state index is -0.0557. The van der Waals surface area contributed by atoms with Gasteiger partial charge in [0.2, 0.25) is 5.91 Å². The number of rotatable bonds is 2. The molecule has 1 atom stereocenters. The minimum Gasteiger partial charge on any atom is -0.311 e. The van der Waals surface area contributed by atoms with E-state index in [0.29, 0.717) is 11.5 Å². The number of carbonyl (C=O) groups excluding carboxylic acids is 1. The zero-order chi connectivity index (χ0) is 13.9. The molecule has 2 aromatic carbocycles. The highest BCUT2D eigenvalue weighted by Crippen LogP contribution is 2.32. The standard InChI is InChI=1S/C16H14N2OS/c19-15-11-14(12-7-3-1-4-8-12)18(16(20)17-15)13-9-5-2-6-10-13/h1-10,14H,11H2,(H,17,19,20). The van der Waals surface area contributed by atoms with Crippen molar-refractivity contribution >= 4 is 28.9 Å². The molecule has 1 aliphatic rings. The molecular formula is C16H14N2OS. The Morgan fingerprint density at radius 2 is 1.60 bits per heavy atom. The summed E-state index contributed by atoms with van der Waals surface area (Å²) in [6.07, 6.45) is 0.402. The van der Waals surface area contributed by atoms with Gasteiger partial charge in [0.05, 0.1) is 12.5 Å². The molecule has 4 heteroatoms. The van der Waals surface area contributed by atoms with E-state index < -0.39 is 0 Å². The third-order valence-electron chi connectivity index (χ3n) is 3.37. The number of anilines is 1. The zero-order valence-corrected chi connectivity index (χ0v) is 11.6. The van der Waals surface area contributed by atoms with E-state index in [1.54, 1.807) is 0 Å². The number of benzene rings is 2. The summed E-state index contributed by atoms with van der Waals surface area (Å²) in [6.45, 7) is 0. The average Bonchev–Trinajstić information content (AvgIpc) is 2.48. The maximum Gasteiger partial charge on any atom is 0.228 e. The van der Waals surface area contributed by atoms with Gasteiger partial charge in [0.1, 0.15) is 0 Å². The Hall–Kier alpha value is -2.20. The lowest BCUT2D eigenvalue weighted by molar-refractivity contribution is -0.120. The molecule has 0 aromatic heterocycles. The molecule has 1 amide bonds. The number of nitrogens with zero attached hydrogens (tertiary/aromatic N) is 1. The van der Waals surface area contributed by atoms with E-state index in [4.69, 9.17) is 12.2 Å². The van der Waals surface area contributed by atoms with Crippen LogP contribution in [0.4, 0.5) is 5.69 Å². The smallest absolute Gasteiger partial charge is 0.228 e. The summed E-state index contributed by atoms with van der Waals surface area (Å²) in [5.41, 5.74) is 2.08. The summed E-state index contributed by atoms with van der Waals surface area (Å²) < 4.78 is 0. The molecule has 20 heavy (non-hydrogen) atoms. The number of hydrogen-bond donors (Lipinski definition) is 1. The van der Waals surface area contributed by atoms with Crippen molar-refractivity contribution in [3.05, 3.63) is 66.2 Å². The Kier molecular flexibility index (Phi) is 3.48. The molecule has 0 radical (unpaired) electrons. The molecule has 0 bridgehead atoms. The van der Waals surface area contributed by atoms with Crippen molar-refractivity contribution in [3.63, 3.8) is 0 Å². The highest BCUT2D eigenvalue weighted by molar-refractivity contribution is 7.80. The van der Waals surface area contributed by atoms with Crippen LogP contribution in [0.15, 0.2) is 60.7 Å². The molecule has 3 nitrogen and oxygen atoms in total. The number of nitrogens with one attached hydrogen (secondary N) is 1. The van der Waals surface area contributed by atoms with Gasteiger partial charge >= 0.3 is 0 Å². The highest BCUT2D eigenvalue weighted by atomic mass is 32.1. The fourth-order valence-electron chi connectivity index (χ4n) is 2.47. The Morgan fingerprint density at radius 3 is 2.25 bits per heavy atom. The van der Waals surface area contributed by atoms with E-state index in [-0.39, 0.29) is 11.9 Å². The minimum absolute atomic E-state index is 0.0314. The van der Waals surface area contributed by atoms with Crippen molar-refractivity contribution in [3.8, 4) is 0 Å². The topological polar surface area (TPSA) is 32.3 Å². The van der Waals surface area contributed by atoms with Crippen molar-refractivity contribution in [2.24, 2.45) is 0 Å². The van der Waals surface area contributed by atoms with Crippen LogP contribution in [0.25, 0.3) is 0 Å². The summed E-state index contributed by atoms with van der Waals surface area (Å²) >= 11 is 5.36. The lowest BCUT2D eigenvalue weighted by atomic mass is 9.99. The average molecular weight is 282 g/mol. The molecule has 1 saturated heterocycles. The Bertz CT molecular complexity index is 627. The Labute approximate surface area is 123 Å². The molecule has 0 aliphatic carbocycles. The van der Waals surface area contributed by atoms with E-state index in [0.717, 1.165) is 11.3 Å². The van der Waals surface area contributed by atoms with Crippen molar-refractivity contribution < 1.29 is 4.79 Å². The van der Waals surface area contributed by atoms with Crippen molar-refractivity contribution in [2.75, 3.05) is 4.90 Å². The molecule has 1 heterocycles. The van der Waals surface area contributed by atoms with Gasteiger partial charge in [-0.15, -0.1) is 0 Å². The van der Waals surface area contributed by atoms with Gasteiger partial charge in [0.15, 0.2) is 5.11 Å². The predicted molar refractivity (Wildman–Crippen MR) is 83.5 cm³/mol. The highest BCUT2D eigenvalue weighted by Gasteiger charge is 2.31.